The lowest BCUT2D eigenvalue weighted by Gasteiger charge is -2.10. The zero-order valence-electron chi connectivity index (χ0n) is 10.9. The molecule has 1 aromatic heterocycles. The van der Waals surface area contributed by atoms with Crippen LogP contribution in [0.15, 0.2) is 29.0 Å². The highest BCUT2D eigenvalue weighted by Gasteiger charge is 2.09. The predicted molar refractivity (Wildman–Crippen MR) is 84.9 cm³/mol. The summed E-state index contributed by atoms with van der Waals surface area (Å²) in [7, 11) is 0. The van der Waals surface area contributed by atoms with Gasteiger partial charge in [-0.1, -0.05) is 23.2 Å². The van der Waals surface area contributed by atoms with E-state index < -0.39 is 0 Å². The summed E-state index contributed by atoms with van der Waals surface area (Å²) in [5.41, 5.74) is 0.658. The largest absolute Gasteiger partial charge is 0.508 e. The summed E-state index contributed by atoms with van der Waals surface area (Å²) in [6.07, 6.45) is 0.614. The molecule has 4 nitrogen and oxygen atoms in total. The number of benzene rings is 1. The number of carbonyl (C=O) groups excluding carboxylic acids is 1. The van der Waals surface area contributed by atoms with E-state index in [1.54, 1.807) is 11.4 Å². The number of thiophene rings is 1. The fraction of sp³-hybridized carbons (Fsp3) is 0.214. The molecule has 0 fully saturated rings. The Labute approximate surface area is 136 Å². The second-order valence-electron chi connectivity index (χ2n) is 4.21. The highest BCUT2D eigenvalue weighted by atomic mass is 35.5. The van der Waals surface area contributed by atoms with Gasteiger partial charge in [0.15, 0.2) is 5.75 Å². The number of phenols is 1. The first-order valence-corrected chi connectivity index (χ1v) is 7.89. The van der Waals surface area contributed by atoms with E-state index in [0.717, 1.165) is 0 Å². The van der Waals surface area contributed by atoms with Crippen LogP contribution in [0.2, 0.25) is 10.0 Å². The molecule has 2 aromatic rings. The highest BCUT2D eigenvalue weighted by Crippen LogP contribution is 2.36. The third kappa shape index (κ3) is 4.52. The second kappa shape index (κ2) is 7.54. The van der Waals surface area contributed by atoms with Crippen molar-refractivity contribution in [3.05, 3.63) is 44.6 Å². The minimum atomic E-state index is -0.100. The zero-order valence-corrected chi connectivity index (χ0v) is 13.3. The number of rotatable bonds is 6. The van der Waals surface area contributed by atoms with Crippen LogP contribution in [-0.4, -0.2) is 24.2 Å². The van der Waals surface area contributed by atoms with Crippen LogP contribution in [0.4, 0.5) is 0 Å². The summed E-state index contributed by atoms with van der Waals surface area (Å²) >= 11 is 13.3. The van der Waals surface area contributed by atoms with Crippen LogP contribution in [0.3, 0.4) is 0 Å². The van der Waals surface area contributed by atoms with Gasteiger partial charge in [0.25, 0.3) is 5.91 Å². The van der Waals surface area contributed by atoms with Crippen LogP contribution >= 0.6 is 34.5 Å². The molecule has 0 aliphatic rings. The molecule has 0 saturated heterocycles. The quantitative estimate of drug-likeness (QED) is 0.779. The Morgan fingerprint density at radius 1 is 1.33 bits per heavy atom. The van der Waals surface area contributed by atoms with Crippen molar-refractivity contribution >= 4 is 40.4 Å². The summed E-state index contributed by atoms with van der Waals surface area (Å²) < 4.78 is 5.47. The van der Waals surface area contributed by atoms with E-state index in [-0.39, 0.29) is 21.7 Å². The number of aromatic hydroxyl groups is 1. The summed E-state index contributed by atoms with van der Waals surface area (Å²) in [6.45, 7) is 0.843. The van der Waals surface area contributed by atoms with Crippen molar-refractivity contribution in [3.63, 3.8) is 0 Å². The van der Waals surface area contributed by atoms with Crippen LogP contribution in [0.25, 0.3) is 0 Å². The number of phenolic OH excluding ortho intramolecular Hbond substituents is 1. The Bertz CT molecular complexity index is 594. The molecular formula is C14H13Cl2NO3S. The SMILES string of the molecule is O=C(NCCCOc1c(Cl)cc(O)cc1Cl)c1ccsc1. The Morgan fingerprint density at radius 2 is 2.05 bits per heavy atom. The van der Waals surface area contributed by atoms with Gasteiger partial charge in [0.2, 0.25) is 0 Å². The third-order valence-electron chi connectivity index (χ3n) is 2.62. The molecule has 0 radical (unpaired) electrons. The van der Waals surface area contributed by atoms with Gasteiger partial charge >= 0.3 is 0 Å². The summed E-state index contributed by atoms with van der Waals surface area (Å²) in [4.78, 5) is 11.7. The average molecular weight is 346 g/mol. The molecule has 2 N–H and O–H groups in total. The smallest absolute Gasteiger partial charge is 0.252 e. The zero-order chi connectivity index (χ0) is 15.2. The molecule has 0 bridgehead atoms. The van der Waals surface area contributed by atoms with Crippen LogP contribution in [0.1, 0.15) is 16.8 Å². The van der Waals surface area contributed by atoms with Crippen molar-refractivity contribution < 1.29 is 14.6 Å². The van der Waals surface area contributed by atoms with E-state index in [2.05, 4.69) is 5.32 Å². The molecule has 2 rings (SSSR count). The lowest BCUT2D eigenvalue weighted by Crippen LogP contribution is -2.25. The average Bonchev–Trinajstić information content (AvgIpc) is 2.94. The Hall–Kier alpha value is -1.43. The van der Waals surface area contributed by atoms with E-state index in [4.69, 9.17) is 27.9 Å². The van der Waals surface area contributed by atoms with E-state index in [0.29, 0.717) is 30.9 Å². The molecule has 0 spiro atoms. The monoisotopic (exact) mass is 345 g/mol. The van der Waals surface area contributed by atoms with Gasteiger partial charge in [-0.15, -0.1) is 0 Å². The summed E-state index contributed by atoms with van der Waals surface area (Å²) in [5.74, 6) is 0.220. The fourth-order valence-corrected chi connectivity index (χ4v) is 2.85. The Morgan fingerprint density at radius 3 is 2.67 bits per heavy atom. The number of hydrogen-bond acceptors (Lipinski definition) is 4. The number of carbonyl (C=O) groups is 1. The fourth-order valence-electron chi connectivity index (χ4n) is 1.63. The molecule has 1 amide bonds. The van der Waals surface area contributed by atoms with Crippen molar-refractivity contribution in [2.45, 2.75) is 6.42 Å². The number of amides is 1. The van der Waals surface area contributed by atoms with E-state index in [1.807, 2.05) is 5.38 Å². The van der Waals surface area contributed by atoms with Gasteiger partial charge in [0.1, 0.15) is 5.75 Å². The predicted octanol–water partition coefficient (Wildman–Crippen LogP) is 3.96. The number of hydrogen-bond donors (Lipinski definition) is 2. The van der Waals surface area contributed by atoms with Crippen LogP contribution in [0, 0.1) is 0 Å². The molecule has 1 heterocycles. The van der Waals surface area contributed by atoms with Crippen LogP contribution in [0.5, 0.6) is 11.5 Å². The van der Waals surface area contributed by atoms with Crippen molar-refractivity contribution in [2.24, 2.45) is 0 Å². The van der Waals surface area contributed by atoms with Crippen molar-refractivity contribution in [2.75, 3.05) is 13.2 Å². The lowest BCUT2D eigenvalue weighted by atomic mass is 10.3. The van der Waals surface area contributed by atoms with Gasteiger partial charge in [-0.2, -0.15) is 11.3 Å². The topological polar surface area (TPSA) is 58.6 Å². The molecule has 0 aliphatic heterocycles. The van der Waals surface area contributed by atoms with Crippen LogP contribution in [-0.2, 0) is 0 Å². The normalized spacial score (nSPS) is 10.4. The maximum atomic E-state index is 11.7. The van der Waals surface area contributed by atoms with Crippen molar-refractivity contribution in [1.82, 2.24) is 5.32 Å². The Balaban J connectivity index is 1.74. The molecular weight excluding hydrogens is 333 g/mol. The van der Waals surface area contributed by atoms with Crippen molar-refractivity contribution in [3.8, 4) is 11.5 Å². The Kier molecular flexibility index (Phi) is 5.73. The molecule has 0 saturated carbocycles. The van der Waals surface area contributed by atoms with Gasteiger partial charge in [-0.25, -0.2) is 0 Å². The minimum Gasteiger partial charge on any atom is -0.508 e. The van der Waals surface area contributed by atoms with E-state index in [9.17, 15) is 9.90 Å². The standard InChI is InChI=1S/C14H13Cl2NO3S/c15-11-6-10(18)7-12(16)13(11)20-4-1-3-17-14(19)9-2-5-21-8-9/h2,5-8,18H,1,3-4H2,(H,17,19). The van der Waals surface area contributed by atoms with Gasteiger partial charge < -0.3 is 15.2 Å². The van der Waals surface area contributed by atoms with Gasteiger partial charge in [-0.05, 0) is 17.9 Å². The molecule has 1 aromatic carbocycles. The first kappa shape index (κ1) is 15.9. The molecule has 0 atom stereocenters. The molecule has 7 heteroatoms. The lowest BCUT2D eigenvalue weighted by molar-refractivity contribution is 0.0952. The van der Waals surface area contributed by atoms with Gasteiger partial charge in [-0.3, -0.25) is 4.79 Å². The second-order valence-corrected chi connectivity index (χ2v) is 5.80. The van der Waals surface area contributed by atoms with Gasteiger partial charge in [0.05, 0.1) is 16.7 Å². The highest BCUT2D eigenvalue weighted by molar-refractivity contribution is 7.08. The minimum absolute atomic E-state index is 0.0135. The van der Waals surface area contributed by atoms with E-state index in [1.165, 1.54) is 23.5 Å². The maximum Gasteiger partial charge on any atom is 0.252 e. The summed E-state index contributed by atoms with van der Waals surface area (Å²) in [6, 6.07) is 4.49. The molecule has 0 aliphatic carbocycles. The molecule has 0 unspecified atom stereocenters. The number of halogens is 2. The maximum absolute atomic E-state index is 11.7. The molecule has 112 valence electrons. The van der Waals surface area contributed by atoms with Crippen molar-refractivity contribution in [1.29, 1.82) is 0 Å². The first-order chi connectivity index (χ1) is 10.1. The van der Waals surface area contributed by atoms with E-state index >= 15 is 0 Å². The first-order valence-electron chi connectivity index (χ1n) is 6.19. The summed E-state index contributed by atoms with van der Waals surface area (Å²) in [5, 5.41) is 16.3. The third-order valence-corrected chi connectivity index (χ3v) is 3.86. The number of nitrogens with one attached hydrogen (secondary N) is 1. The number of ether oxygens (including phenoxy) is 1. The molecule has 21 heavy (non-hydrogen) atoms. The van der Waals surface area contributed by atoms with Gasteiger partial charge in [0, 0.05) is 29.6 Å². The van der Waals surface area contributed by atoms with Crippen LogP contribution < -0.4 is 10.1 Å².